The number of carbonyl (C=O) groups is 1. The molecule has 0 bridgehead atoms. The molecular weight excluding hydrogens is 361 g/mol. The summed E-state index contributed by atoms with van der Waals surface area (Å²) in [5, 5.41) is 12.9. The number of carboxylic acid groups (broad SMARTS) is 1. The number of hydrogen-bond donors (Lipinski definition) is 1. The van der Waals surface area contributed by atoms with Gasteiger partial charge in [-0.25, -0.2) is 4.39 Å². The third kappa shape index (κ3) is 5.27. The molecule has 1 aromatic carbocycles. The van der Waals surface area contributed by atoms with Gasteiger partial charge in [-0.2, -0.15) is 0 Å². The zero-order chi connectivity index (χ0) is 17.8. The van der Waals surface area contributed by atoms with Crippen LogP contribution in [-0.4, -0.2) is 58.8 Å². The molecule has 2 heterocycles. The molecule has 1 aliphatic heterocycles. The average Bonchev–Trinajstić information content (AvgIpc) is 3.04. The van der Waals surface area contributed by atoms with Crippen molar-refractivity contribution in [2.24, 2.45) is 0 Å². The fourth-order valence-electron chi connectivity index (χ4n) is 3.23. The fourth-order valence-corrected chi connectivity index (χ4v) is 3.23. The number of nitrogens with zero attached hydrogens (tertiary/aromatic N) is 3. The van der Waals surface area contributed by atoms with Gasteiger partial charge in [0, 0.05) is 30.8 Å². The number of likely N-dealkylation sites (N-methyl/N-ethyl adjacent to an activating group) is 1. The van der Waals surface area contributed by atoms with E-state index in [1.165, 1.54) is 12.1 Å². The Morgan fingerprint density at radius 3 is 2.62 bits per heavy atom. The number of aromatic nitrogens is 1. The lowest BCUT2D eigenvalue weighted by molar-refractivity contribution is -0.138. The van der Waals surface area contributed by atoms with E-state index in [1.807, 2.05) is 18.0 Å². The summed E-state index contributed by atoms with van der Waals surface area (Å²) >= 11 is 0. The predicted octanol–water partition coefficient (Wildman–Crippen LogP) is 2.88. The topological polar surface area (TPSA) is 69.8 Å². The zero-order valence-electron chi connectivity index (χ0n) is 14.6. The molecule has 1 saturated heterocycles. The maximum atomic E-state index is 13.0. The Kier molecular flexibility index (Phi) is 7.14. The molecule has 26 heavy (non-hydrogen) atoms. The van der Waals surface area contributed by atoms with Crippen molar-refractivity contribution in [3.63, 3.8) is 0 Å². The van der Waals surface area contributed by atoms with Crippen molar-refractivity contribution in [1.29, 1.82) is 0 Å². The quantitative estimate of drug-likeness (QED) is 0.827. The smallest absolute Gasteiger partial charge is 0.317 e. The number of likely N-dealkylation sites (tertiary alicyclic amines) is 1. The zero-order valence-corrected chi connectivity index (χ0v) is 15.4. The molecule has 1 fully saturated rings. The van der Waals surface area contributed by atoms with Gasteiger partial charge in [-0.3, -0.25) is 14.6 Å². The lowest BCUT2D eigenvalue weighted by Gasteiger charge is -2.35. The Labute approximate surface area is 158 Å². The first-order chi connectivity index (χ1) is 12.0. The molecule has 0 aliphatic carbocycles. The van der Waals surface area contributed by atoms with E-state index in [-0.39, 0.29) is 24.8 Å². The third-order valence-corrected chi connectivity index (χ3v) is 4.64. The third-order valence-electron chi connectivity index (χ3n) is 4.64. The molecule has 0 unspecified atom stereocenters. The summed E-state index contributed by atoms with van der Waals surface area (Å²) in [6, 6.07) is 8.36. The van der Waals surface area contributed by atoms with Crippen molar-refractivity contribution < 1.29 is 18.8 Å². The number of halogens is 2. The largest absolute Gasteiger partial charge is 0.480 e. The van der Waals surface area contributed by atoms with Crippen LogP contribution in [0.25, 0.3) is 11.3 Å². The monoisotopic (exact) mass is 383 g/mol. The Hall–Kier alpha value is -1.96. The van der Waals surface area contributed by atoms with Crippen LogP contribution >= 0.6 is 12.4 Å². The number of aliphatic carboxylic acids is 1. The van der Waals surface area contributed by atoms with Crippen LogP contribution in [0.5, 0.6) is 0 Å². The predicted molar refractivity (Wildman–Crippen MR) is 97.7 cm³/mol. The van der Waals surface area contributed by atoms with Crippen LogP contribution in [0.2, 0.25) is 0 Å². The minimum Gasteiger partial charge on any atom is -0.480 e. The van der Waals surface area contributed by atoms with Gasteiger partial charge in [0.15, 0.2) is 5.76 Å². The van der Waals surface area contributed by atoms with Gasteiger partial charge in [0.2, 0.25) is 0 Å². The van der Waals surface area contributed by atoms with Crippen molar-refractivity contribution in [1.82, 2.24) is 15.0 Å². The summed E-state index contributed by atoms with van der Waals surface area (Å²) in [5.74, 6) is -0.292. The van der Waals surface area contributed by atoms with E-state index in [2.05, 4.69) is 10.1 Å². The fraction of sp³-hybridized carbons (Fsp3) is 0.444. The van der Waals surface area contributed by atoms with Crippen LogP contribution in [-0.2, 0) is 11.3 Å². The molecule has 3 rings (SSSR count). The van der Waals surface area contributed by atoms with E-state index in [4.69, 9.17) is 9.63 Å². The maximum absolute atomic E-state index is 13.0. The van der Waals surface area contributed by atoms with Crippen LogP contribution in [0.3, 0.4) is 0 Å². The van der Waals surface area contributed by atoms with E-state index in [1.54, 1.807) is 12.1 Å². The highest BCUT2D eigenvalue weighted by molar-refractivity contribution is 5.85. The molecule has 0 saturated carbocycles. The lowest BCUT2D eigenvalue weighted by atomic mass is 10.0. The molecule has 6 nitrogen and oxygen atoms in total. The van der Waals surface area contributed by atoms with Gasteiger partial charge >= 0.3 is 5.97 Å². The standard InChI is InChI=1S/C18H22FN3O3.ClH/c1-21(12-18(23)24)15-6-8-22(9-7-15)11-16-10-17(20-25-16)13-2-4-14(19)5-3-13;/h2-5,10,15H,6-9,11-12H2,1H3,(H,23,24);1H. The molecule has 8 heteroatoms. The average molecular weight is 384 g/mol. The van der Waals surface area contributed by atoms with Gasteiger partial charge in [0.25, 0.3) is 0 Å². The number of hydrogen-bond acceptors (Lipinski definition) is 5. The molecular formula is C18H23ClFN3O3. The van der Waals surface area contributed by atoms with E-state index < -0.39 is 5.97 Å². The Morgan fingerprint density at radius 1 is 1.35 bits per heavy atom. The van der Waals surface area contributed by atoms with Crippen LogP contribution in [0.15, 0.2) is 34.9 Å². The van der Waals surface area contributed by atoms with Crippen LogP contribution < -0.4 is 0 Å². The van der Waals surface area contributed by atoms with E-state index >= 15 is 0 Å². The van der Waals surface area contributed by atoms with Crippen molar-refractivity contribution >= 4 is 18.4 Å². The van der Waals surface area contributed by atoms with Crippen LogP contribution in [0, 0.1) is 5.82 Å². The molecule has 0 radical (unpaired) electrons. The van der Waals surface area contributed by atoms with E-state index in [0.717, 1.165) is 37.3 Å². The molecule has 2 aromatic rings. The van der Waals surface area contributed by atoms with Gasteiger partial charge in [0.1, 0.15) is 11.5 Å². The first kappa shape index (κ1) is 20.4. The van der Waals surface area contributed by atoms with Gasteiger partial charge in [-0.05, 0) is 44.2 Å². The second-order valence-electron chi connectivity index (χ2n) is 6.50. The van der Waals surface area contributed by atoms with Crippen molar-refractivity contribution in [3.05, 3.63) is 41.9 Å². The molecule has 0 amide bonds. The van der Waals surface area contributed by atoms with Gasteiger partial charge in [0.05, 0.1) is 13.1 Å². The van der Waals surface area contributed by atoms with Crippen molar-refractivity contribution in [2.45, 2.75) is 25.4 Å². The second-order valence-corrected chi connectivity index (χ2v) is 6.50. The summed E-state index contributed by atoms with van der Waals surface area (Å²) < 4.78 is 18.4. The molecule has 0 spiro atoms. The van der Waals surface area contributed by atoms with E-state index in [0.29, 0.717) is 18.3 Å². The summed E-state index contributed by atoms with van der Waals surface area (Å²) in [7, 11) is 1.86. The number of benzene rings is 1. The highest BCUT2D eigenvalue weighted by Gasteiger charge is 2.24. The SMILES string of the molecule is CN(CC(=O)O)C1CCN(Cc2cc(-c3ccc(F)cc3)no2)CC1.Cl. The first-order valence-electron chi connectivity index (χ1n) is 8.37. The van der Waals surface area contributed by atoms with Crippen molar-refractivity contribution in [3.8, 4) is 11.3 Å². The normalized spacial score (nSPS) is 15.8. The van der Waals surface area contributed by atoms with Gasteiger partial charge < -0.3 is 9.63 Å². The number of rotatable bonds is 6. The summed E-state index contributed by atoms with van der Waals surface area (Å²) in [6.07, 6.45) is 1.87. The Bertz CT molecular complexity index is 715. The minimum absolute atomic E-state index is 0. The molecule has 0 atom stereocenters. The minimum atomic E-state index is -0.792. The second kappa shape index (κ2) is 9.12. The highest BCUT2D eigenvalue weighted by Crippen LogP contribution is 2.22. The van der Waals surface area contributed by atoms with Gasteiger partial charge in [-0.1, -0.05) is 5.16 Å². The number of piperidine rings is 1. The number of carboxylic acids is 1. The van der Waals surface area contributed by atoms with Gasteiger partial charge in [-0.15, -0.1) is 12.4 Å². The lowest BCUT2D eigenvalue weighted by Crippen LogP contribution is -2.44. The summed E-state index contributed by atoms with van der Waals surface area (Å²) in [4.78, 5) is 15.0. The Morgan fingerprint density at radius 2 is 2.00 bits per heavy atom. The molecule has 1 N–H and O–H groups in total. The molecule has 142 valence electrons. The molecule has 1 aliphatic rings. The van der Waals surface area contributed by atoms with Crippen LogP contribution in [0.1, 0.15) is 18.6 Å². The highest BCUT2D eigenvalue weighted by atomic mass is 35.5. The van der Waals surface area contributed by atoms with Crippen molar-refractivity contribution in [2.75, 3.05) is 26.7 Å². The summed E-state index contributed by atoms with van der Waals surface area (Å²) in [5.41, 5.74) is 1.52. The van der Waals surface area contributed by atoms with Crippen LogP contribution in [0.4, 0.5) is 4.39 Å². The maximum Gasteiger partial charge on any atom is 0.317 e. The Balaban J connectivity index is 0.00000243. The van der Waals surface area contributed by atoms with E-state index in [9.17, 15) is 9.18 Å². The first-order valence-corrected chi connectivity index (χ1v) is 8.37. The molecule has 1 aromatic heterocycles. The summed E-state index contributed by atoms with van der Waals surface area (Å²) in [6.45, 7) is 2.53.